The van der Waals surface area contributed by atoms with E-state index in [0.717, 1.165) is 0 Å². The molecule has 0 aliphatic heterocycles. The van der Waals surface area contributed by atoms with Gasteiger partial charge in [-0.05, 0) is 31.6 Å². The van der Waals surface area contributed by atoms with E-state index in [1.165, 1.54) is 0 Å². The lowest BCUT2D eigenvalue weighted by Gasteiger charge is -2.30. The molecule has 0 aromatic rings. The first-order chi connectivity index (χ1) is 7.94. The highest BCUT2D eigenvalue weighted by Gasteiger charge is 2.26. The number of carboxylic acids is 1. The molecule has 0 aromatic carbocycles. The number of nitrogens with one attached hydrogen (secondary N) is 1. The Labute approximate surface area is 110 Å². The van der Waals surface area contributed by atoms with Crippen molar-refractivity contribution >= 4 is 11.9 Å². The van der Waals surface area contributed by atoms with Crippen LogP contribution in [0.15, 0.2) is 0 Å². The molecule has 1 atom stereocenters. The van der Waals surface area contributed by atoms with Crippen molar-refractivity contribution in [2.75, 3.05) is 0 Å². The summed E-state index contributed by atoms with van der Waals surface area (Å²) in [4.78, 5) is 22.4. The van der Waals surface area contributed by atoms with Gasteiger partial charge in [-0.1, -0.05) is 27.7 Å². The molecular formula is C14H27NO3. The summed E-state index contributed by atoms with van der Waals surface area (Å²) in [5.74, 6) is -0.555. The third-order valence-electron chi connectivity index (χ3n) is 3.41. The number of carbonyl (C=O) groups is 2. The summed E-state index contributed by atoms with van der Waals surface area (Å²) in [5, 5.41) is 11.6. The van der Waals surface area contributed by atoms with Crippen LogP contribution in [0.25, 0.3) is 0 Å². The number of aliphatic carboxylic acids is 1. The van der Waals surface area contributed by atoms with Gasteiger partial charge in [-0.2, -0.15) is 0 Å². The predicted octanol–water partition coefficient (Wildman–Crippen LogP) is 2.82. The van der Waals surface area contributed by atoms with Gasteiger partial charge in [-0.15, -0.1) is 0 Å². The molecule has 0 aliphatic carbocycles. The van der Waals surface area contributed by atoms with E-state index in [4.69, 9.17) is 5.11 Å². The predicted molar refractivity (Wildman–Crippen MR) is 72.3 cm³/mol. The topological polar surface area (TPSA) is 66.4 Å². The maximum Gasteiger partial charge on any atom is 0.303 e. The largest absolute Gasteiger partial charge is 0.481 e. The van der Waals surface area contributed by atoms with Crippen LogP contribution in [0.4, 0.5) is 0 Å². The van der Waals surface area contributed by atoms with Crippen LogP contribution < -0.4 is 5.32 Å². The number of carbonyl (C=O) groups excluding carboxylic acids is 1. The van der Waals surface area contributed by atoms with Crippen LogP contribution >= 0.6 is 0 Å². The minimum atomic E-state index is -0.833. The van der Waals surface area contributed by atoms with Gasteiger partial charge in [0.1, 0.15) is 0 Å². The van der Waals surface area contributed by atoms with Crippen LogP contribution in [0, 0.1) is 11.3 Å². The zero-order valence-corrected chi connectivity index (χ0v) is 12.5. The highest BCUT2D eigenvalue weighted by Crippen LogP contribution is 2.28. The van der Waals surface area contributed by atoms with Crippen molar-refractivity contribution < 1.29 is 14.7 Å². The third-order valence-corrected chi connectivity index (χ3v) is 3.41. The zero-order valence-electron chi connectivity index (χ0n) is 12.5. The summed E-state index contributed by atoms with van der Waals surface area (Å²) in [5.41, 5.74) is -0.365. The van der Waals surface area contributed by atoms with Crippen molar-refractivity contribution in [1.82, 2.24) is 5.32 Å². The van der Waals surface area contributed by atoms with E-state index in [1.54, 1.807) is 0 Å². The van der Waals surface area contributed by atoms with E-state index in [1.807, 2.05) is 13.8 Å². The van der Waals surface area contributed by atoms with E-state index < -0.39 is 11.5 Å². The van der Waals surface area contributed by atoms with Crippen molar-refractivity contribution in [3.63, 3.8) is 0 Å². The lowest BCUT2D eigenvalue weighted by Crippen LogP contribution is -2.44. The molecule has 0 saturated carbocycles. The van der Waals surface area contributed by atoms with Gasteiger partial charge in [0.15, 0.2) is 0 Å². The Bertz CT molecular complexity index is 303. The van der Waals surface area contributed by atoms with E-state index in [-0.39, 0.29) is 23.7 Å². The summed E-state index contributed by atoms with van der Waals surface area (Å²) in [6.07, 6.45) is 0.986. The molecule has 4 nitrogen and oxygen atoms in total. The fourth-order valence-corrected chi connectivity index (χ4v) is 1.49. The Kier molecular flexibility index (Phi) is 5.84. The van der Waals surface area contributed by atoms with Crippen LogP contribution in [0.1, 0.15) is 60.8 Å². The molecule has 0 radical (unpaired) electrons. The number of hydrogen-bond acceptors (Lipinski definition) is 2. The molecule has 0 spiro atoms. The van der Waals surface area contributed by atoms with Crippen molar-refractivity contribution in [1.29, 1.82) is 0 Å². The molecule has 2 N–H and O–H groups in total. The highest BCUT2D eigenvalue weighted by atomic mass is 16.4. The van der Waals surface area contributed by atoms with Gasteiger partial charge in [0, 0.05) is 18.4 Å². The minimum absolute atomic E-state index is 0.00665. The number of amides is 1. The maximum absolute atomic E-state index is 11.9. The molecule has 4 heteroatoms. The van der Waals surface area contributed by atoms with Crippen molar-refractivity contribution in [2.45, 2.75) is 66.3 Å². The number of hydrogen-bond donors (Lipinski definition) is 2. The lowest BCUT2D eigenvalue weighted by atomic mass is 9.80. The van der Waals surface area contributed by atoms with E-state index >= 15 is 0 Å². The minimum Gasteiger partial charge on any atom is -0.481 e. The van der Waals surface area contributed by atoms with Crippen LogP contribution in [-0.2, 0) is 9.59 Å². The fourth-order valence-electron chi connectivity index (χ4n) is 1.49. The second-order valence-corrected chi connectivity index (χ2v) is 6.80. The zero-order chi connectivity index (χ0) is 14.6. The first-order valence-corrected chi connectivity index (χ1v) is 6.47. The molecule has 0 heterocycles. The molecule has 106 valence electrons. The van der Waals surface area contributed by atoms with Gasteiger partial charge in [0.05, 0.1) is 0 Å². The molecule has 0 fully saturated rings. The average molecular weight is 257 g/mol. The maximum atomic E-state index is 11.9. The highest BCUT2D eigenvalue weighted by molar-refractivity contribution is 5.77. The van der Waals surface area contributed by atoms with Gasteiger partial charge in [-0.3, -0.25) is 9.59 Å². The van der Waals surface area contributed by atoms with E-state index in [0.29, 0.717) is 12.8 Å². The number of rotatable bonds is 6. The first-order valence-electron chi connectivity index (χ1n) is 6.47. The van der Waals surface area contributed by atoms with Crippen molar-refractivity contribution in [3.05, 3.63) is 0 Å². The molecule has 18 heavy (non-hydrogen) atoms. The third kappa shape index (κ3) is 7.30. The molecular weight excluding hydrogens is 230 g/mol. The second kappa shape index (κ2) is 6.21. The summed E-state index contributed by atoms with van der Waals surface area (Å²) in [6, 6.07) is 0. The van der Waals surface area contributed by atoms with Crippen LogP contribution in [0.2, 0.25) is 0 Å². The summed E-state index contributed by atoms with van der Waals surface area (Å²) < 4.78 is 0. The summed E-state index contributed by atoms with van der Waals surface area (Å²) in [7, 11) is 0. The standard InChI is InChI=1S/C14H27NO3/c1-10(13(2,3)4)9-11(16)15-14(5,6)8-7-12(17)18/h10H,7-9H2,1-6H3,(H,15,16)(H,17,18). The Morgan fingerprint density at radius 3 is 2.06 bits per heavy atom. The Morgan fingerprint density at radius 1 is 1.17 bits per heavy atom. The molecule has 0 aliphatic rings. The van der Waals surface area contributed by atoms with Crippen molar-refractivity contribution in [3.8, 4) is 0 Å². The molecule has 0 saturated heterocycles. The molecule has 0 rings (SSSR count). The quantitative estimate of drug-likeness (QED) is 0.769. The summed E-state index contributed by atoms with van der Waals surface area (Å²) in [6.45, 7) is 12.1. The molecule has 0 aromatic heterocycles. The first kappa shape index (κ1) is 16.9. The van der Waals surface area contributed by atoms with E-state index in [9.17, 15) is 9.59 Å². The van der Waals surface area contributed by atoms with Crippen LogP contribution in [-0.4, -0.2) is 22.5 Å². The smallest absolute Gasteiger partial charge is 0.303 e. The fraction of sp³-hybridized carbons (Fsp3) is 0.857. The summed E-state index contributed by atoms with van der Waals surface area (Å²) >= 11 is 0. The van der Waals surface area contributed by atoms with E-state index in [2.05, 4.69) is 33.0 Å². The average Bonchev–Trinajstić information content (AvgIpc) is 2.12. The van der Waals surface area contributed by atoms with Crippen molar-refractivity contribution in [2.24, 2.45) is 11.3 Å². The molecule has 0 bridgehead atoms. The molecule has 1 unspecified atom stereocenters. The SMILES string of the molecule is CC(CC(=O)NC(C)(C)CCC(=O)O)C(C)(C)C. The number of carboxylic acid groups (broad SMARTS) is 1. The van der Waals surface area contributed by atoms with Crippen LogP contribution in [0.5, 0.6) is 0 Å². The Balaban J connectivity index is 4.26. The van der Waals surface area contributed by atoms with Gasteiger partial charge in [-0.25, -0.2) is 0 Å². The normalized spacial score (nSPS) is 14.1. The van der Waals surface area contributed by atoms with Gasteiger partial charge >= 0.3 is 5.97 Å². The monoisotopic (exact) mass is 257 g/mol. The Morgan fingerprint density at radius 2 is 1.67 bits per heavy atom. The van der Waals surface area contributed by atoms with Crippen LogP contribution in [0.3, 0.4) is 0 Å². The van der Waals surface area contributed by atoms with Gasteiger partial charge in [0.2, 0.25) is 5.91 Å². The lowest BCUT2D eigenvalue weighted by molar-refractivity contribution is -0.138. The van der Waals surface area contributed by atoms with Gasteiger partial charge < -0.3 is 10.4 Å². The Hall–Kier alpha value is -1.06. The van der Waals surface area contributed by atoms with Gasteiger partial charge in [0.25, 0.3) is 0 Å². The molecule has 1 amide bonds. The second-order valence-electron chi connectivity index (χ2n) is 6.80.